The third-order valence-corrected chi connectivity index (χ3v) is 4.09. The van der Waals surface area contributed by atoms with Gasteiger partial charge in [0.15, 0.2) is 0 Å². The van der Waals surface area contributed by atoms with E-state index in [1.54, 1.807) is 0 Å². The zero-order valence-corrected chi connectivity index (χ0v) is 12.1. The molecule has 1 rings (SSSR count). The van der Waals surface area contributed by atoms with Crippen LogP contribution in [0.25, 0.3) is 0 Å². The molecule has 1 aromatic rings. The van der Waals surface area contributed by atoms with Crippen LogP contribution in [-0.2, 0) is 14.6 Å². The number of halogens is 2. The minimum atomic E-state index is -4.73. The van der Waals surface area contributed by atoms with Gasteiger partial charge in [0.2, 0.25) is 15.7 Å². The average Bonchev–Trinajstić information content (AvgIpc) is 2.36. The van der Waals surface area contributed by atoms with Crippen molar-refractivity contribution in [2.24, 2.45) is 5.92 Å². The highest BCUT2D eigenvalue weighted by atomic mass is 32.2. The van der Waals surface area contributed by atoms with Crippen molar-refractivity contribution in [3.63, 3.8) is 0 Å². The topological polar surface area (TPSA) is 63.2 Å². The number of alkyl halides is 2. The highest BCUT2D eigenvalue weighted by Crippen LogP contribution is 2.26. The van der Waals surface area contributed by atoms with Crippen molar-refractivity contribution in [3.05, 3.63) is 24.3 Å². The molecule has 0 fully saturated rings. The Morgan fingerprint density at radius 2 is 1.85 bits per heavy atom. The summed E-state index contributed by atoms with van der Waals surface area (Å²) in [6.45, 7) is 3.89. The van der Waals surface area contributed by atoms with Crippen LogP contribution in [0, 0.1) is 5.92 Å². The molecule has 0 heterocycles. The molecule has 0 atom stereocenters. The molecule has 20 heavy (non-hydrogen) atoms. The Bertz CT molecular complexity index is 571. The number of para-hydroxylation sites is 1. The molecule has 112 valence electrons. The first-order valence-electron chi connectivity index (χ1n) is 6.16. The largest absolute Gasteiger partial charge is 0.341 e. The van der Waals surface area contributed by atoms with E-state index in [2.05, 4.69) is 5.32 Å². The van der Waals surface area contributed by atoms with Gasteiger partial charge in [0.05, 0.1) is 10.6 Å². The van der Waals surface area contributed by atoms with Gasteiger partial charge in [-0.2, -0.15) is 8.78 Å². The summed E-state index contributed by atoms with van der Waals surface area (Å²) in [5.74, 6) is -3.59. The number of hydrogen-bond donors (Lipinski definition) is 1. The Labute approximate surface area is 117 Å². The lowest BCUT2D eigenvalue weighted by molar-refractivity contribution is -0.116. The van der Waals surface area contributed by atoms with Gasteiger partial charge in [0.1, 0.15) is 0 Å². The van der Waals surface area contributed by atoms with Crippen LogP contribution < -0.4 is 5.32 Å². The van der Waals surface area contributed by atoms with Crippen molar-refractivity contribution in [2.75, 3.05) is 5.32 Å². The molecule has 0 saturated heterocycles. The summed E-state index contributed by atoms with van der Waals surface area (Å²) in [6, 6.07) is 5.16. The molecule has 0 radical (unpaired) electrons. The molecule has 0 aliphatic rings. The first kappa shape index (κ1) is 16.6. The molecular weight excluding hydrogens is 288 g/mol. The van der Waals surface area contributed by atoms with E-state index in [9.17, 15) is 22.0 Å². The highest BCUT2D eigenvalue weighted by Gasteiger charge is 2.29. The second-order valence-corrected chi connectivity index (χ2v) is 6.67. The van der Waals surface area contributed by atoms with Crippen molar-refractivity contribution < 1.29 is 22.0 Å². The van der Waals surface area contributed by atoms with Gasteiger partial charge in [0, 0.05) is 6.42 Å². The van der Waals surface area contributed by atoms with Crippen molar-refractivity contribution in [1.82, 2.24) is 0 Å². The second-order valence-electron chi connectivity index (χ2n) is 4.78. The standard InChI is InChI=1S/C13H17F2NO3S/c1-9(2)7-8-12(17)16-10-5-3-4-6-11(10)20(18,19)13(14)15/h3-6,9,13H,7-8H2,1-2H3,(H,16,17). The van der Waals surface area contributed by atoms with Crippen LogP contribution in [0.5, 0.6) is 0 Å². The number of sulfone groups is 1. The quantitative estimate of drug-likeness (QED) is 0.878. The molecule has 1 amide bonds. The van der Waals surface area contributed by atoms with E-state index in [-0.39, 0.29) is 12.1 Å². The normalized spacial score (nSPS) is 11.9. The number of hydrogen-bond acceptors (Lipinski definition) is 3. The van der Waals surface area contributed by atoms with E-state index in [4.69, 9.17) is 0 Å². The molecule has 0 aliphatic carbocycles. The lowest BCUT2D eigenvalue weighted by Crippen LogP contribution is -2.17. The lowest BCUT2D eigenvalue weighted by atomic mass is 10.1. The van der Waals surface area contributed by atoms with Gasteiger partial charge in [-0.3, -0.25) is 4.79 Å². The Morgan fingerprint density at radius 1 is 1.25 bits per heavy atom. The van der Waals surface area contributed by atoms with E-state index < -0.39 is 26.4 Å². The van der Waals surface area contributed by atoms with Crippen molar-refractivity contribution >= 4 is 21.4 Å². The number of nitrogens with one attached hydrogen (secondary N) is 1. The minimum absolute atomic E-state index is 0.110. The number of rotatable bonds is 6. The third-order valence-electron chi connectivity index (χ3n) is 2.65. The Hall–Kier alpha value is -1.50. The van der Waals surface area contributed by atoms with E-state index >= 15 is 0 Å². The molecule has 0 unspecified atom stereocenters. The molecule has 1 aromatic carbocycles. The molecule has 0 aromatic heterocycles. The first-order chi connectivity index (χ1) is 9.25. The van der Waals surface area contributed by atoms with Crippen LogP contribution in [0.2, 0.25) is 0 Å². The summed E-state index contributed by atoms with van der Waals surface area (Å²) in [5, 5.41) is 2.38. The maximum Gasteiger partial charge on any atom is 0.341 e. The SMILES string of the molecule is CC(C)CCC(=O)Nc1ccccc1S(=O)(=O)C(F)F. The summed E-state index contributed by atoms with van der Waals surface area (Å²) in [4.78, 5) is 11.1. The van der Waals surface area contributed by atoms with Crippen molar-refractivity contribution in [2.45, 2.75) is 37.3 Å². The summed E-state index contributed by atoms with van der Waals surface area (Å²) in [5.41, 5.74) is -0.110. The molecule has 0 saturated carbocycles. The Kier molecular flexibility index (Phi) is 5.62. The minimum Gasteiger partial charge on any atom is -0.325 e. The van der Waals surface area contributed by atoms with Gasteiger partial charge in [-0.05, 0) is 24.5 Å². The molecule has 4 nitrogen and oxygen atoms in total. The van der Waals surface area contributed by atoms with Crippen LogP contribution >= 0.6 is 0 Å². The number of amides is 1. The van der Waals surface area contributed by atoms with Gasteiger partial charge in [-0.15, -0.1) is 0 Å². The molecular formula is C13H17F2NO3S. The van der Waals surface area contributed by atoms with Crippen LogP contribution in [0.15, 0.2) is 29.2 Å². The van der Waals surface area contributed by atoms with E-state index in [0.717, 1.165) is 6.07 Å². The van der Waals surface area contributed by atoms with Crippen LogP contribution in [0.4, 0.5) is 14.5 Å². The fraction of sp³-hybridized carbons (Fsp3) is 0.462. The highest BCUT2D eigenvalue weighted by molar-refractivity contribution is 7.91. The zero-order chi connectivity index (χ0) is 15.3. The van der Waals surface area contributed by atoms with Gasteiger partial charge < -0.3 is 5.32 Å². The molecule has 7 heteroatoms. The van der Waals surface area contributed by atoms with Gasteiger partial charge in [-0.1, -0.05) is 26.0 Å². The predicted molar refractivity (Wildman–Crippen MR) is 72.3 cm³/mol. The fourth-order valence-electron chi connectivity index (χ4n) is 1.55. The summed E-state index contributed by atoms with van der Waals surface area (Å²) >= 11 is 0. The third kappa shape index (κ3) is 4.26. The van der Waals surface area contributed by atoms with Crippen LogP contribution in [-0.4, -0.2) is 20.1 Å². The van der Waals surface area contributed by atoms with Gasteiger partial charge in [0.25, 0.3) is 0 Å². The number of carbonyl (C=O) groups is 1. The average molecular weight is 305 g/mol. The Morgan fingerprint density at radius 3 is 2.40 bits per heavy atom. The smallest absolute Gasteiger partial charge is 0.325 e. The first-order valence-corrected chi connectivity index (χ1v) is 7.70. The second kappa shape index (κ2) is 6.78. The maximum absolute atomic E-state index is 12.6. The van der Waals surface area contributed by atoms with Crippen LogP contribution in [0.3, 0.4) is 0 Å². The Balaban J connectivity index is 2.95. The van der Waals surface area contributed by atoms with E-state index in [1.165, 1.54) is 18.2 Å². The molecule has 1 N–H and O–H groups in total. The molecule has 0 bridgehead atoms. The summed E-state index contributed by atoms with van der Waals surface area (Å²) in [7, 11) is -4.73. The van der Waals surface area contributed by atoms with Crippen LogP contribution in [0.1, 0.15) is 26.7 Å². The lowest BCUT2D eigenvalue weighted by Gasteiger charge is -2.11. The summed E-state index contributed by atoms with van der Waals surface area (Å²) < 4.78 is 48.1. The van der Waals surface area contributed by atoms with E-state index in [1.807, 2.05) is 13.8 Å². The number of anilines is 1. The molecule has 0 spiro atoms. The van der Waals surface area contributed by atoms with Crippen molar-refractivity contribution in [3.8, 4) is 0 Å². The summed E-state index contributed by atoms with van der Waals surface area (Å²) in [6.07, 6.45) is 0.844. The van der Waals surface area contributed by atoms with Gasteiger partial charge in [-0.25, -0.2) is 8.42 Å². The van der Waals surface area contributed by atoms with Crippen molar-refractivity contribution in [1.29, 1.82) is 0 Å². The number of benzene rings is 1. The maximum atomic E-state index is 12.6. The fourth-order valence-corrected chi connectivity index (χ4v) is 2.43. The van der Waals surface area contributed by atoms with E-state index in [0.29, 0.717) is 12.3 Å². The zero-order valence-electron chi connectivity index (χ0n) is 11.3. The van der Waals surface area contributed by atoms with Gasteiger partial charge >= 0.3 is 5.76 Å². The monoisotopic (exact) mass is 305 g/mol. The predicted octanol–water partition coefficient (Wildman–Crippen LogP) is 3.06. The molecule has 0 aliphatic heterocycles. The number of carbonyl (C=O) groups excluding carboxylic acids is 1.